The lowest BCUT2D eigenvalue weighted by molar-refractivity contribution is -0.133. The Balaban J connectivity index is 2.68. The lowest BCUT2D eigenvalue weighted by atomic mass is 9.88. The molecule has 2 amide bonds. The van der Waals surface area contributed by atoms with Gasteiger partial charge in [0.05, 0.1) is 12.6 Å². The van der Waals surface area contributed by atoms with E-state index in [0.29, 0.717) is 24.1 Å². The van der Waals surface area contributed by atoms with Crippen LogP contribution in [0.2, 0.25) is 0 Å². The summed E-state index contributed by atoms with van der Waals surface area (Å²) in [6.07, 6.45) is 0.291. The molecule has 0 unspecified atom stereocenters. The molecule has 0 saturated carbocycles. The van der Waals surface area contributed by atoms with Crippen molar-refractivity contribution in [2.24, 2.45) is 5.92 Å². The predicted octanol–water partition coefficient (Wildman–Crippen LogP) is -0.704. The minimum absolute atomic E-state index is 0.0919. The smallest absolute Gasteiger partial charge is 0.304 e. The third-order valence-corrected chi connectivity index (χ3v) is 3.62. The molecule has 0 radical (unpaired) electrons. The van der Waals surface area contributed by atoms with Crippen molar-refractivity contribution in [1.29, 1.82) is 0 Å². The number of hydrogen-bond acceptors (Lipinski definition) is 6. The molecule has 0 aliphatic rings. The van der Waals surface area contributed by atoms with E-state index in [1.165, 1.54) is 0 Å². The quantitative estimate of drug-likeness (QED) is 0.138. The average Bonchev–Trinajstić information content (AvgIpc) is 2.64. The number of rotatable bonds is 11. The fourth-order valence-corrected chi connectivity index (χ4v) is 2.18. The highest BCUT2D eigenvalue weighted by molar-refractivity contribution is 6.45. The molecule has 25 heavy (non-hydrogen) atoms. The van der Waals surface area contributed by atoms with E-state index in [-0.39, 0.29) is 26.8 Å². The maximum Gasteiger partial charge on any atom is 0.304 e. The van der Waals surface area contributed by atoms with Crippen molar-refractivity contribution in [3.05, 3.63) is 29.8 Å². The van der Waals surface area contributed by atoms with Crippen LogP contribution in [-0.4, -0.2) is 55.6 Å². The van der Waals surface area contributed by atoms with Gasteiger partial charge in [-0.2, -0.15) is 0 Å². The zero-order valence-electron chi connectivity index (χ0n) is 14.5. The van der Waals surface area contributed by atoms with Crippen LogP contribution >= 0.6 is 0 Å². The Morgan fingerprint density at radius 3 is 2.48 bits per heavy atom. The minimum Gasteiger partial charge on any atom is -0.449 e. The Bertz CT molecular complexity index is 540. The van der Waals surface area contributed by atoms with Gasteiger partial charge < -0.3 is 19.8 Å². The van der Waals surface area contributed by atoms with Crippen LogP contribution in [0.15, 0.2) is 24.3 Å². The molecule has 0 saturated heterocycles. The first-order chi connectivity index (χ1) is 12.0. The maximum atomic E-state index is 12.4. The summed E-state index contributed by atoms with van der Waals surface area (Å²) in [5.74, 6) is -1.36. The summed E-state index contributed by atoms with van der Waals surface area (Å²) in [6.45, 7) is 4.26. The van der Waals surface area contributed by atoms with E-state index in [0.717, 1.165) is 0 Å². The summed E-state index contributed by atoms with van der Waals surface area (Å²) in [5.41, 5.74) is 2.75. The van der Waals surface area contributed by atoms with E-state index in [9.17, 15) is 9.59 Å². The minimum atomic E-state index is -0.531. The number of carbonyl (C=O) groups is 2. The van der Waals surface area contributed by atoms with E-state index < -0.39 is 17.9 Å². The second-order valence-corrected chi connectivity index (χ2v) is 5.62. The molecule has 0 spiro atoms. The number of benzene rings is 1. The van der Waals surface area contributed by atoms with Crippen LogP contribution < -0.4 is 16.3 Å². The van der Waals surface area contributed by atoms with Crippen LogP contribution in [0.25, 0.3) is 0 Å². The second kappa shape index (κ2) is 11.6. The summed E-state index contributed by atoms with van der Waals surface area (Å²) >= 11 is 0. The van der Waals surface area contributed by atoms with E-state index >= 15 is 0 Å². The van der Waals surface area contributed by atoms with E-state index in [4.69, 9.17) is 19.7 Å². The van der Waals surface area contributed by atoms with Crippen molar-refractivity contribution < 1.29 is 29.3 Å². The van der Waals surface area contributed by atoms with Gasteiger partial charge in [0, 0.05) is 18.1 Å². The molecule has 0 aliphatic carbocycles. The third-order valence-electron chi connectivity index (χ3n) is 3.62. The fraction of sp³-hybridized carbons (Fsp3) is 0.500. The number of ether oxygens (including phenoxy) is 2. The first-order valence-electron chi connectivity index (χ1n) is 8.11. The van der Waals surface area contributed by atoms with Crippen LogP contribution in [-0.2, 0) is 14.3 Å². The van der Waals surface area contributed by atoms with Gasteiger partial charge in [-0.05, 0) is 25.5 Å². The van der Waals surface area contributed by atoms with Gasteiger partial charge in [-0.15, -0.1) is 0 Å². The highest BCUT2D eigenvalue weighted by Crippen LogP contribution is 2.08. The Kier molecular flexibility index (Phi) is 9.79. The van der Waals surface area contributed by atoms with E-state index in [1.54, 1.807) is 36.7 Å². The van der Waals surface area contributed by atoms with E-state index in [2.05, 4.69) is 5.32 Å². The molecule has 0 bridgehead atoms. The molecule has 0 fully saturated rings. The Morgan fingerprint density at radius 1 is 1.24 bits per heavy atom. The van der Waals surface area contributed by atoms with Crippen LogP contribution in [0.4, 0.5) is 0 Å². The van der Waals surface area contributed by atoms with Crippen molar-refractivity contribution in [3.8, 4) is 0 Å². The molecule has 138 valence electrons. The third kappa shape index (κ3) is 7.66. The van der Waals surface area contributed by atoms with Gasteiger partial charge in [-0.25, -0.2) is 5.48 Å². The van der Waals surface area contributed by atoms with Gasteiger partial charge in [0.1, 0.15) is 6.79 Å². The van der Waals surface area contributed by atoms with Crippen LogP contribution in [0.5, 0.6) is 0 Å². The fourth-order valence-electron chi connectivity index (χ4n) is 2.18. The molecule has 4 N–H and O–H groups in total. The van der Waals surface area contributed by atoms with Gasteiger partial charge in [-0.3, -0.25) is 14.8 Å². The highest BCUT2D eigenvalue weighted by Gasteiger charge is 2.21. The summed E-state index contributed by atoms with van der Waals surface area (Å²) in [4.78, 5) is 23.8. The zero-order valence-corrected chi connectivity index (χ0v) is 14.5. The van der Waals surface area contributed by atoms with Crippen molar-refractivity contribution in [2.45, 2.75) is 26.3 Å². The number of carbonyl (C=O) groups excluding carboxylic acids is 2. The molecule has 8 nitrogen and oxygen atoms in total. The maximum absolute atomic E-state index is 12.4. The summed E-state index contributed by atoms with van der Waals surface area (Å²) in [5, 5.41) is 20.6. The molecule has 2 atom stereocenters. The van der Waals surface area contributed by atoms with Gasteiger partial charge in [0.25, 0.3) is 5.91 Å². The summed E-state index contributed by atoms with van der Waals surface area (Å²) < 4.78 is 10.5. The first kappa shape index (κ1) is 21.1. The Labute approximate surface area is 147 Å². The van der Waals surface area contributed by atoms with E-state index in [1.807, 2.05) is 6.92 Å². The highest BCUT2D eigenvalue weighted by atomic mass is 16.7. The molecule has 1 aromatic rings. The van der Waals surface area contributed by atoms with Gasteiger partial charge in [-0.1, -0.05) is 24.5 Å². The average molecular weight is 352 g/mol. The summed E-state index contributed by atoms with van der Waals surface area (Å²) in [6, 6.07) is 6.12. The molecule has 0 aromatic heterocycles. The molecule has 1 aromatic carbocycles. The number of hydrogen-bond donors (Lipinski definition) is 4. The van der Waals surface area contributed by atoms with Crippen LogP contribution in [0.3, 0.4) is 0 Å². The van der Waals surface area contributed by atoms with Crippen molar-refractivity contribution in [3.63, 3.8) is 0 Å². The molecular formula is C16H25BN2O6. The number of hydroxylamine groups is 1. The normalized spacial score (nSPS) is 13.0. The lowest BCUT2D eigenvalue weighted by Crippen LogP contribution is -2.41. The zero-order chi connectivity index (χ0) is 18.7. The van der Waals surface area contributed by atoms with Gasteiger partial charge in [0.2, 0.25) is 5.91 Å². The lowest BCUT2D eigenvalue weighted by Gasteiger charge is -2.21. The van der Waals surface area contributed by atoms with Gasteiger partial charge >= 0.3 is 7.48 Å². The first-order valence-corrected chi connectivity index (χ1v) is 8.11. The van der Waals surface area contributed by atoms with Gasteiger partial charge in [0.15, 0.2) is 0 Å². The Hall–Kier alpha value is -1.94. The molecular weight excluding hydrogens is 327 g/mol. The number of nitrogens with one attached hydrogen (secondary N) is 2. The molecule has 1 rings (SSSR count). The van der Waals surface area contributed by atoms with Crippen molar-refractivity contribution in [2.75, 3.05) is 20.0 Å². The van der Waals surface area contributed by atoms with Crippen molar-refractivity contribution >= 4 is 24.8 Å². The standard InChI is InChI=1S/C16H25BN2O6/c1-3-24-10-25-9-14(8-11(2)15(20)19-23)18-16(21)12-4-6-13(17-22)7-5-12/h4-7,11,14,17,22-23H,3,8-10H2,1-2H3,(H,18,21)(H,19,20)/t11-,14-/m0/s1. The predicted molar refractivity (Wildman–Crippen MR) is 92.9 cm³/mol. The number of amides is 2. The largest absolute Gasteiger partial charge is 0.449 e. The van der Waals surface area contributed by atoms with Crippen molar-refractivity contribution in [1.82, 2.24) is 10.8 Å². The molecule has 9 heteroatoms. The van der Waals surface area contributed by atoms with Crippen LogP contribution in [0.1, 0.15) is 30.6 Å². The second-order valence-electron chi connectivity index (χ2n) is 5.62. The molecule has 0 heterocycles. The van der Waals surface area contributed by atoms with Crippen LogP contribution in [0, 0.1) is 5.92 Å². The Morgan fingerprint density at radius 2 is 1.92 bits per heavy atom. The molecule has 0 aliphatic heterocycles. The topological polar surface area (TPSA) is 117 Å². The monoisotopic (exact) mass is 352 g/mol. The SMILES string of the molecule is CCOCOC[C@H](C[C@H](C)C(=O)NO)NC(=O)c1ccc(BO)cc1. The summed E-state index contributed by atoms with van der Waals surface area (Å²) in [7, 11) is -0.0937.